The topological polar surface area (TPSA) is 59.1 Å². The summed E-state index contributed by atoms with van der Waals surface area (Å²) in [4.78, 5) is 30.3. The maximum atomic E-state index is 12.5. The van der Waals surface area contributed by atoms with Crippen LogP contribution < -0.4 is 5.32 Å². The van der Waals surface area contributed by atoms with E-state index >= 15 is 0 Å². The van der Waals surface area contributed by atoms with Crippen molar-refractivity contribution >= 4 is 40.1 Å². The number of thiophene rings is 1. The minimum absolute atomic E-state index is 0.0822. The molecule has 2 heterocycles. The lowest BCUT2D eigenvalue weighted by atomic mass is 10.1. The number of carbonyl (C=O) groups is 2. The zero-order valence-corrected chi connectivity index (χ0v) is 14.3. The van der Waals surface area contributed by atoms with Gasteiger partial charge in [-0.2, -0.15) is 0 Å². The number of carbonyl (C=O) groups excluding carboxylic acids is 2. The lowest BCUT2D eigenvalue weighted by Gasteiger charge is -2.08. The molecule has 3 rings (SSSR count). The summed E-state index contributed by atoms with van der Waals surface area (Å²) in [6.07, 6.45) is 0. The van der Waals surface area contributed by atoms with Crippen LogP contribution >= 0.6 is 22.7 Å². The Morgan fingerprint density at radius 1 is 1.13 bits per heavy atom. The number of para-hydroxylation sites is 1. The molecule has 0 atom stereocenters. The second-order valence-electron chi connectivity index (χ2n) is 4.97. The minimum Gasteiger partial charge on any atom is -0.321 e. The summed E-state index contributed by atoms with van der Waals surface area (Å²) in [5, 5.41) is 5.64. The van der Waals surface area contributed by atoms with Gasteiger partial charge in [-0.25, -0.2) is 4.98 Å². The number of anilines is 1. The van der Waals surface area contributed by atoms with E-state index in [-0.39, 0.29) is 11.7 Å². The maximum absolute atomic E-state index is 12.5. The van der Waals surface area contributed by atoms with Gasteiger partial charge in [-0.05, 0) is 37.4 Å². The summed E-state index contributed by atoms with van der Waals surface area (Å²) in [6.45, 7) is 3.30. The number of aryl methyl sites for hydroxylation is 1. The number of nitrogens with one attached hydrogen (secondary N) is 1. The molecule has 0 aliphatic heterocycles. The van der Waals surface area contributed by atoms with Crippen molar-refractivity contribution in [1.29, 1.82) is 0 Å². The van der Waals surface area contributed by atoms with Gasteiger partial charge in [0.15, 0.2) is 5.78 Å². The van der Waals surface area contributed by atoms with Gasteiger partial charge in [-0.15, -0.1) is 22.7 Å². The smallest absolute Gasteiger partial charge is 0.267 e. The van der Waals surface area contributed by atoms with Crippen LogP contribution in [0.1, 0.15) is 32.6 Å². The highest BCUT2D eigenvalue weighted by Gasteiger charge is 2.18. The molecule has 0 radical (unpaired) electrons. The number of hydrogen-bond acceptors (Lipinski definition) is 5. The molecule has 0 bridgehead atoms. The normalized spacial score (nSPS) is 10.5. The highest BCUT2D eigenvalue weighted by molar-refractivity contribution is 7.22. The monoisotopic (exact) mass is 342 g/mol. The Morgan fingerprint density at radius 2 is 1.91 bits per heavy atom. The molecule has 0 aliphatic carbocycles. The van der Waals surface area contributed by atoms with E-state index in [1.807, 2.05) is 24.4 Å². The van der Waals surface area contributed by atoms with Crippen LogP contribution in [0.15, 0.2) is 41.8 Å². The van der Waals surface area contributed by atoms with Crippen LogP contribution in [-0.2, 0) is 0 Å². The average Bonchev–Trinajstić information content (AvgIpc) is 3.16. The van der Waals surface area contributed by atoms with Crippen molar-refractivity contribution in [3.8, 4) is 9.88 Å². The van der Waals surface area contributed by atoms with E-state index in [0.717, 1.165) is 9.88 Å². The van der Waals surface area contributed by atoms with E-state index in [9.17, 15) is 9.59 Å². The maximum Gasteiger partial charge on any atom is 0.267 e. The van der Waals surface area contributed by atoms with Gasteiger partial charge in [0.2, 0.25) is 0 Å². The van der Waals surface area contributed by atoms with Gasteiger partial charge in [-0.1, -0.05) is 18.2 Å². The number of rotatable bonds is 4. The van der Waals surface area contributed by atoms with E-state index in [2.05, 4.69) is 10.3 Å². The fraction of sp³-hybridized carbons (Fsp3) is 0.118. The molecule has 0 saturated heterocycles. The lowest BCUT2D eigenvalue weighted by molar-refractivity contribution is 0.101. The van der Waals surface area contributed by atoms with Crippen LogP contribution in [0.5, 0.6) is 0 Å². The molecule has 1 aromatic carbocycles. The average molecular weight is 342 g/mol. The van der Waals surface area contributed by atoms with Crippen LogP contribution in [0.4, 0.5) is 5.69 Å². The second kappa shape index (κ2) is 6.44. The van der Waals surface area contributed by atoms with E-state index in [0.29, 0.717) is 21.8 Å². The summed E-state index contributed by atoms with van der Waals surface area (Å²) in [5.41, 5.74) is 1.72. The van der Waals surface area contributed by atoms with E-state index < -0.39 is 0 Å². The van der Waals surface area contributed by atoms with Crippen molar-refractivity contribution in [3.05, 3.63) is 57.9 Å². The van der Waals surface area contributed by atoms with Crippen molar-refractivity contribution < 1.29 is 9.59 Å². The van der Waals surface area contributed by atoms with Crippen molar-refractivity contribution in [2.75, 3.05) is 5.32 Å². The molecule has 0 fully saturated rings. The predicted molar refractivity (Wildman–Crippen MR) is 94.6 cm³/mol. The first-order valence-electron chi connectivity index (χ1n) is 6.99. The van der Waals surface area contributed by atoms with Gasteiger partial charge in [0.1, 0.15) is 9.88 Å². The fourth-order valence-corrected chi connectivity index (χ4v) is 3.95. The lowest BCUT2D eigenvalue weighted by Crippen LogP contribution is -2.14. The summed E-state index contributed by atoms with van der Waals surface area (Å²) in [5.74, 6) is -0.322. The van der Waals surface area contributed by atoms with E-state index in [1.54, 1.807) is 35.6 Å². The Kier molecular flexibility index (Phi) is 4.36. The summed E-state index contributed by atoms with van der Waals surface area (Å²) >= 11 is 2.95. The third-order valence-corrected chi connectivity index (χ3v) is 5.48. The van der Waals surface area contributed by atoms with Crippen LogP contribution in [0, 0.1) is 6.92 Å². The number of nitrogens with zero attached hydrogens (tertiary/aromatic N) is 1. The molecule has 0 saturated carbocycles. The summed E-state index contributed by atoms with van der Waals surface area (Å²) in [6, 6.07) is 10.9. The van der Waals surface area contributed by atoms with Crippen LogP contribution in [0.25, 0.3) is 9.88 Å². The number of aromatic nitrogens is 1. The molecule has 116 valence electrons. The fourth-order valence-electron chi connectivity index (χ4n) is 2.19. The zero-order valence-electron chi connectivity index (χ0n) is 12.6. The molecule has 23 heavy (non-hydrogen) atoms. The Balaban J connectivity index is 1.89. The third-order valence-electron chi connectivity index (χ3n) is 3.29. The van der Waals surface area contributed by atoms with E-state index in [4.69, 9.17) is 0 Å². The Labute approximate surface area is 141 Å². The van der Waals surface area contributed by atoms with Gasteiger partial charge < -0.3 is 5.32 Å². The molecular weight excluding hydrogens is 328 g/mol. The van der Waals surface area contributed by atoms with E-state index in [1.165, 1.54) is 18.3 Å². The standard InChI is InChI=1S/C17H14N2O2S2/c1-10-15(23-17(18-10)14-8-5-9-22-14)16(21)19-13-7-4-3-6-12(13)11(2)20/h3-9H,1-2H3,(H,19,21). The Morgan fingerprint density at radius 3 is 2.61 bits per heavy atom. The van der Waals surface area contributed by atoms with Crippen molar-refractivity contribution in [2.24, 2.45) is 0 Å². The molecule has 0 unspecified atom stereocenters. The third kappa shape index (κ3) is 3.23. The number of hydrogen-bond donors (Lipinski definition) is 1. The minimum atomic E-state index is -0.239. The SMILES string of the molecule is CC(=O)c1ccccc1NC(=O)c1sc(-c2cccs2)nc1C. The molecule has 4 nitrogen and oxygen atoms in total. The first kappa shape index (κ1) is 15.6. The highest BCUT2D eigenvalue weighted by atomic mass is 32.1. The number of ketones is 1. The molecule has 3 aromatic rings. The van der Waals surface area contributed by atoms with Crippen LogP contribution in [0.3, 0.4) is 0 Å². The predicted octanol–water partition coefficient (Wildman–Crippen LogP) is 4.63. The Bertz CT molecular complexity index is 867. The van der Waals surface area contributed by atoms with Crippen molar-refractivity contribution in [1.82, 2.24) is 4.98 Å². The first-order chi connectivity index (χ1) is 11.1. The second-order valence-corrected chi connectivity index (χ2v) is 6.91. The molecule has 1 amide bonds. The van der Waals surface area contributed by atoms with Gasteiger partial charge in [0, 0.05) is 5.56 Å². The number of amides is 1. The number of thiazole rings is 1. The quantitative estimate of drug-likeness (QED) is 0.703. The van der Waals surface area contributed by atoms with Gasteiger partial charge >= 0.3 is 0 Å². The molecular formula is C17H14N2O2S2. The van der Waals surface area contributed by atoms with Gasteiger partial charge in [0.25, 0.3) is 5.91 Å². The van der Waals surface area contributed by atoms with Crippen LogP contribution in [0.2, 0.25) is 0 Å². The summed E-state index contributed by atoms with van der Waals surface area (Å²) < 4.78 is 0. The first-order valence-corrected chi connectivity index (χ1v) is 8.68. The molecule has 2 aromatic heterocycles. The molecule has 1 N–H and O–H groups in total. The molecule has 0 aliphatic rings. The summed E-state index contributed by atoms with van der Waals surface area (Å²) in [7, 11) is 0. The largest absolute Gasteiger partial charge is 0.321 e. The van der Waals surface area contributed by atoms with Crippen molar-refractivity contribution in [2.45, 2.75) is 13.8 Å². The number of Topliss-reactive ketones (excluding diaryl/α,β-unsaturated/α-hetero) is 1. The zero-order chi connectivity index (χ0) is 16.4. The van der Waals surface area contributed by atoms with Crippen molar-refractivity contribution in [3.63, 3.8) is 0 Å². The molecule has 0 spiro atoms. The van der Waals surface area contributed by atoms with Gasteiger partial charge in [0.05, 0.1) is 16.3 Å². The Hall–Kier alpha value is -2.31. The molecule has 6 heteroatoms. The van der Waals surface area contributed by atoms with Gasteiger partial charge in [-0.3, -0.25) is 9.59 Å². The van der Waals surface area contributed by atoms with Crippen LogP contribution in [-0.4, -0.2) is 16.7 Å². The highest BCUT2D eigenvalue weighted by Crippen LogP contribution is 2.31. The number of benzene rings is 1.